The van der Waals surface area contributed by atoms with Gasteiger partial charge < -0.3 is 36.5 Å². The Balaban J connectivity index is 2.08. The van der Waals surface area contributed by atoms with Crippen molar-refractivity contribution in [3.8, 4) is 0 Å². The number of benzene rings is 1. The molecule has 2 atom stereocenters. The molecule has 3 amide bonds. The van der Waals surface area contributed by atoms with E-state index in [1.165, 1.54) is 0 Å². The largest absolute Gasteiger partial charge is 0.458 e. The second-order valence-corrected chi connectivity index (χ2v) is 12.1. The van der Waals surface area contributed by atoms with Crippen LogP contribution in [0.15, 0.2) is 39.9 Å². The maximum Gasteiger partial charge on any atom is 0.408 e. The molecule has 13 nitrogen and oxygen atoms in total. The van der Waals surface area contributed by atoms with Crippen molar-refractivity contribution in [2.24, 2.45) is 0 Å². The molecule has 0 aliphatic heterocycles. The predicted molar refractivity (Wildman–Crippen MR) is 162 cm³/mol. The first-order valence-corrected chi connectivity index (χ1v) is 14.1. The number of carbonyl (C=O) groups excluding carboxylic acids is 4. The van der Waals surface area contributed by atoms with Gasteiger partial charge in [-0.25, -0.2) is 9.59 Å². The van der Waals surface area contributed by atoms with Crippen molar-refractivity contribution in [2.75, 3.05) is 24.1 Å². The van der Waals surface area contributed by atoms with Gasteiger partial charge >= 0.3 is 12.1 Å². The summed E-state index contributed by atoms with van der Waals surface area (Å²) in [5, 5.41) is 10.5. The van der Waals surface area contributed by atoms with Crippen LogP contribution in [0.2, 0.25) is 0 Å². The third-order valence-corrected chi connectivity index (χ3v) is 5.90. The van der Waals surface area contributed by atoms with Gasteiger partial charge in [-0.3, -0.25) is 19.2 Å². The van der Waals surface area contributed by atoms with E-state index in [0.717, 1.165) is 5.56 Å². The number of hydrogen-bond acceptors (Lipinski definition) is 10. The Morgan fingerprint density at radius 2 is 1.47 bits per heavy atom. The Morgan fingerprint density at radius 3 is 2.05 bits per heavy atom. The second-order valence-electron chi connectivity index (χ2n) is 12.1. The van der Waals surface area contributed by atoms with Crippen molar-refractivity contribution in [3.63, 3.8) is 0 Å². The van der Waals surface area contributed by atoms with Crippen LogP contribution in [0.3, 0.4) is 0 Å². The zero-order valence-electron chi connectivity index (χ0n) is 25.6. The van der Waals surface area contributed by atoms with Crippen LogP contribution in [0.1, 0.15) is 66.4 Å². The zero-order chi connectivity index (χ0) is 32.4. The lowest BCUT2D eigenvalue weighted by molar-refractivity contribution is -0.159. The molecule has 2 aromatic carbocycles. The number of amides is 3. The van der Waals surface area contributed by atoms with Crippen molar-refractivity contribution in [3.05, 3.63) is 56.3 Å². The molecule has 2 rings (SSSR count). The van der Waals surface area contributed by atoms with E-state index in [2.05, 4.69) is 21.3 Å². The second kappa shape index (κ2) is 15.2. The molecular weight excluding hydrogens is 558 g/mol. The molecule has 2 aromatic rings. The minimum absolute atomic E-state index is 0.0858. The summed E-state index contributed by atoms with van der Waals surface area (Å²) in [7, 11) is 0. The van der Waals surface area contributed by atoms with E-state index in [0.29, 0.717) is 19.4 Å². The van der Waals surface area contributed by atoms with Crippen LogP contribution in [-0.4, -0.2) is 60.3 Å². The molecule has 0 saturated carbocycles. The average Bonchev–Trinajstić information content (AvgIpc) is 2.90. The Hall–Kier alpha value is -4.42. The lowest BCUT2D eigenvalue weighted by Gasteiger charge is -2.26. The van der Waals surface area contributed by atoms with Crippen LogP contribution in [0.5, 0.6) is 0 Å². The fourth-order valence-electron chi connectivity index (χ4n) is 3.94. The van der Waals surface area contributed by atoms with Crippen LogP contribution in [0.25, 0.3) is 0 Å². The van der Waals surface area contributed by atoms with Gasteiger partial charge in [-0.05, 0) is 66.4 Å². The summed E-state index contributed by atoms with van der Waals surface area (Å²) >= 11 is 0. The van der Waals surface area contributed by atoms with E-state index >= 15 is 0 Å². The molecule has 236 valence electrons. The minimum Gasteiger partial charge on any atom is -0.458 e. The maximum absolute atomic E-state index is 13.5. The molecule has 0 bridgehead atoms. The molecule has 0 aliphatic rings. The Kier molecular flexibility index (Phi) is 12.3. The number of esters is 1. The van der Waals surface area contributed by atoms with Gasteiger partial charge in [0.25, 0.3) is 10.9 Å². The Labute approximate surface area is 251 Å². The Bertz CT molecular complexity index is 1340. The molecule has 43 heavy (non-hydrogen) atoms. The van der Waals surface area contributed by atoms with Gasteiger partial charge in [0.1, 0.15) is 41.2 Å². The number of anilines is 2. The standard InChI is InChI=1S/C30H43N5O8/c1-29(2,3)42-27(40)19(14-10-11-15-32-23-22(31)24(37)25(23)38)35-26(39)20(16-18-12-8-7-9-13-18)34-21(36)17-33-28(41)43-30(4,5)6/h7-9,12-13,19-20,32H,10-11,14-17,31H2,1-6H3,(H,33,41)(H,34,36)(H,35,39)/t19-,20-/m0/s1. The van der Waals surface area contributed by atoms with Crippen LogP contribution in [-0.2, 0) is 30.3 Å². The van der Waals surface area contributed by atoms with Gasteiger partial charge in [-0.2, -0.15) is 0 Å². The monoisotopic (exact) mass is 601 g/mol. The highest BCUT2D eigenvalue weighted by Gasteiger charge is 2.30. The lowest BCUT2D eigenvalue weighted by atomic mass is 10.0. The quantitative estimate of drug-likeness (QED) is 0.120. The summed E-state index contributed by atoms with van der Waals surface area (Å²) in [5.74, 6) is -1.88. The first-order valence-electron chi connectivity index (χ1n) is 14.1. The van der Waals surface area contributed by atoms with Gasteiger partial charge in [0.05, 0.1) is 0 Å². The Morgan fingerprint density at radius 1 is 0.837 bits per heavy atom. The molecule has 0 aliphatic carbocycles. The normalized spacial score (nSPS) is 13.0. The number of nitrogen functional groups attached to an aromatic ring is 1. The van der Waals surface area contributed by atoms with E-state index in [4.69, 9.17) is 15.2 Å². The smallest absolute Gasteiger partial charge is 0.408 e. The summed E-state index contributed by atoms with van der Waals surface area (Å²) in [6.45, 7) is 10.1. The molecule has 0 aromatic heterocycles. The van der Waals surface area contributed by atoms with Crippen LogP contribution >= 0.6 is 0 Å². The van der Waals surface area contributed by atoms with E-state index < -0.39 is 64.6 Å². The lowest BCUT2D eigenvalue weighted by Crippen LogP contribution is -2.54. The van der Waals surface area contributed by atoms with Crippen LogP contribution < -0.4 is 37.9 Å². The van der Waals surface area contributed by atoms with Gasteiger partial charge in [0.15, 0.2) is 0 Å². The zero-order valence-corrected chi connectivity index (χ0v) is 25.6. The SMILES string of the molecule is CC(C)(C)OC(=O)NCC(=O)N[C@@H](Cc1ccccc1)C(=O)N[C@@H](CCCCNc1c(N)c(=O)c1=O)C(=O)OC(C)(C)C. The molecule has 0 unspecified atom stereocenters. The summed E-state index contributed by atoms with van der Waals surface area (Å²) in [5.41, 5.74) is 3.34. The third-order valence-electron chi connectivity index (χ3n) is 5.90. The summed E-state index contributed by atoms with van der Waals surface area (Å²) in [6.07, 6.45) is 0.490. The van der Waals surface area contributed by atoms with Gasteiger partial charge in [0.2, 0.25) is 11.8 Å². The number of unbranched alkanes of at least 4 members (excludes halogenated alkanes) is 1. The molecule has 6 N–H and O–H groups in total. The molecule has 0 fully saturated rings. The van der Waals surface area contributed by atoms with Crippen LogP contribution in [0, 0.1) is 0 Å². The van der Waals surface area contributed by atoms with E-state index in [9.17, 15) is 28.8 Å². The molecule has 0 spiro atoms. The third kappa shape index (κ3) is 12.1. The molecule has 0 radical (unpaired) electrons. The predicted octanol–water partition coefficient (Wildman–Crippen LogP) is 1.53. The average molecular weight is 602 g/mol. The highest BCUT2D eigenvalue weighted by molar-refractivity contribution is 5.92. The van der Waals surface area contributed by atoms with E-state index in [1.807, 2.05) is 6.07 Å². The number of alkyl carbamates (subject to hydrolysis) is 1. The van der Waals surface area contributed by atoms with Gasteiger partial charge in [-0.1, -0.05) is 30.3 Å². The molecule has 0 heterocycles. The first kappa shape index (κ1) is 34.8. The number of rotatable bonds is 14. The highest BCUT2D eigenvalue weighted by atomic mass is 16.6. The number of nitrogens with one attached hydrogen (secondary N) is 4. The molecule has 0 saturated heterocycles. The van der Waals surface area contributed by atoms with E-state index in [-0.39, 0.29) is 24.2 Å². The maximum atomic E-state index is 13.5. The van der Waals surface area contributed by atoms with Crippen molar-refractivity contribution in [1.82, 2.24) is 16.0 Å². The van der Waals surface area contributed by atoms with E-state index in [1.54, 1.807) is 65.8 Å². The minimum atomic E-state index is -1.07. The van der Waals surface area contributed by atoms with Crippen molar-refractivity contribution < 1.29 is 28.7 Å². The molecular formula is C30H43N5O8. The van der Waals surface area contributed by atoms with Crippen molar-refractivity contribution >= 4 is 35.3 Å². The van der Waals surface area contributed by atoms with Crippen molar-refractivity contribution in [1.29, 1.82) is 0 Å². The fourth-order valence-corrected chi connectivity index (χ4v) is 3.94. The summed E-state index contributed by atoms with van der Waals surface area (Å²) in [6, 6.07) is 6.91. The number of carbonyl (C=O) groups is 4. The first-order chi connectivity index (χ1) is 20.0. The highest BCUT2D eigenvalue weighted by Crippen LogP contribution is 2.14. The number of ether oxygens (including phenoxy) is 2. The van der Waals surface area contributed by atoms with Crippen LogP contribution in [0.4, 0.5) is 16.2 Å². The summed E-state index contributed by atoms with van der Waals surface area (Å²) < 4.78 is 10.7. The molecule has 13 heteroatoms. The topological polar surface area (TPSA) is 195 Å². The number of nitrogens with two attached hydrogens (primary N) is 1. The van der Waals surface area contributed by atoms with Gasteiger partial charge in [0, 0.05) is 13.0 Å². The number of hydrogen-bond donors (Lipinski definition) is 5. The summed E-state index contributed by atoms with van der Waals surface area (Å²) in [4.78, 5) is 74.0. The fraction of sp³-hybridized carbons (Fsp3) is 0.533. The van der Waals surface area contributed by atoms with Gasteiger partial charge in [-0.15, -0.1) is 0 Å². The van der Waals surface area contributed by atoms with Crippen molar-refractivity contribution in [2.45, 2.75) is 90.5 Å².